The third kappa shape index (κ3) is 3.33. The number of nitrogens with two attached hydrogens (primary N) is 1. The monoisotopic (exact) mass is 248 g/mol. The standard InChI is InChI=1S/C15H24N2O/c1-9-6-10(2)14(11(3)7-9)15(18)17-13(5)12(4)8-16/h6-7,12-13H,8,16H2,1-5H3,(H,17,18). The molecule has 1 rings (SSSR count). The number of nitrogens with one attached hydrogen (secondary N) is 1. The summed E-state index contributed by atoms with van der Waals surface area (Å²) in [5.41, 5.74) is 9.64. The van der Waals surface area contributed by atoms with Gasteiger partial charge in [0.2, 0.25) is 0 Å². The molecule has 0 bridgehead atoms. The van der Waals surface area contributed by atoms with E-state index < -0.39 is 0 Å². The van der Waals surface area contributed by atoms with Crippen LogP contribution < -0.4 is 11.1 Å². The van der Waals surface area contributed by atoms with E-state index in [0.29, 0.717) is 6.54 Å². The molecule has 3 nitrogen and oxygen atoms in total. The van der Waals surface area contributed by atoms with Crippen LogP contribution in [0.5, 0.6) is 0 Å². The lowest BCUT2D eigenvalue weighted by molar-refractivity contribution is 0.0928. The maximum Gasteiger partial charge on any atom is 0.252 e. The molecule has 0 aromatic heterocycles. The molecule has 0 aliphatic carbocycles. The predicted molar refractivity (Wildman–Crippen MR) is 75.8 cm³/mol. The van der Waals surface area contributed by atoms with Crippen molar-refractivity contribution in [1.82, 2.24) is 5.32 Å². The van der Waals surface area contributed by atoms with Crippen LogP contribution >= 0.6 is 0 Å². The van der Waals surface area contributed by atoms with Crippen LogP contribution in [0.15, 0.2) is 12.1 Å². The van der Waals surface area contributed by atoms with Crippen molar-refractivity contribution in [3.63, 3.8) is 0 Å². The fourth-order valence-corrected chi connectivity index (χ4v) is 2.16. The van der Waals surface area contributed by atoms with Gasteiger partial charge in [0.05, 0.1) is 0 Å². The molecule has 0 radical (unpaired) electrons. The third-order valence-electron chi connectivity index (χ3n) is 3.49. The maximum absolute atomic E-state index is 12.3. The van der Waals surface area contributed by atoms with Gasteiger partial charge < -0.3 is 11.1 Å². The van der Waals surface area contributed by atoms with Gasteiger partial charge in [-0.15, -0.1) is 0 Å². The summed E-state index contributed by atoms with van der Waals surface area (Å²) in [4.78, 5) is 12.3. The van der Waals surface area contributed by atoms with Crippen LogP contribution in [-0.2, 0) is 0 Å². The zero-order valence-corrected chi connectivity index (χ0v) is 12.0. The quantitative estimate of drug-likeness (QED) is 0.859. The minimum absolute atomic E-state index is 0.00204. The molecule has 0 heterocycles. The van der Waals surface area contributed by atoms with E-state index in [2.05, 4.69) is 5.32 Å². The van der Waals surface area contributed by atoms with Crippen molar-refractivity contribution < 1.29 is 4.79 Å². The van der Waals surface area contributed by atoms with Crippen molar-refractivity contribution in [2.75, 3.05) is 6.54 Å². The average molecular weight is 248 g/mol. The average Bonchev–Trinajstić information content (AvgIpc) is 2.26. The van der Waals surface area contributed by atoms with E-state index in [4.69, 9.17) is 5.73 Å². The number of benzene rings is 1. The predicted octanol–water partition coefficient (Wildman–Crippen LogP) is 2.32. The van der Waals surface area contributed by atoms with Gasteiger partial charge in [0.15, 0.2) is 0 Å². The molecule has 0 spiro atoms. The van der Waals surface area contributed by atoms with Crippen LogP contribution in [0.2, 0.25) is 0 Å². The molecule has 0 aliphatic rings. The first-order valence-electron chi connectivity index (χ1n) is 6.45. The second-order valence-electron chi connectivity index (χ2n) is 5.25. The molecule has 0 saturated heterocycles. The molecule has 1 aromatic rings. The largest absolute Gasteiger partial charge is 0.349 e. The van der Waals surface area contributed by atoms with E-state index in [0.717, 1.165) is 16.7 Å². The van der Waals surface area contributed by atoms with Crippen molar-refractivity contribution in [3.8, 4) is 0 Å². The van der Waals surface area contributed by atoms with Gasteiger partial charge in [0.1, 0.15) is 0 Å². The van der Waals surface area contributed by atoms with Gasteiger partial charge in [-0.05, 0) is 51.3 Å². The molecule has 100 valence electrons. The van der Waals surface area contributed by atoms with E-state index in [-0.39, 0.29) is 17.9 Å². The van der Waals surface area contributed by atoms with E-state index >= 15 is 0 Å². The first-order chi connectivity index (χ1) is 8.36. The summed E-state index contributed by atoms with van der Waals surface area (Å²) in [5, 5.41) is 3.03. The highest BCUT2D eigenvalue weighted by molar-refractivity contribution is 5.97. The lowest BCUT2D eigenvalue weighted by Crippen LogP contribution is -2.40. The minimum Gasteiger partial charge on any atom is -0.349 e. The van der Waals surface area contributed by atoms with Gasteiger partial charge in [0.25, 0.3) is 5.91 Å². The second-order valence-corrected chi connectivity index (χ2v) is 5.25. The molecular formula is C15H24N2O. The summed E-state index contributed by atoms with van der Waals surface area (Å²) in [5.74, 6) is 0.276. The number of carbonyl (C=O) groups excluding carboxylic acids is 1. The van der Waals surface area contributed by atoms with Crippen LogP contribution in [0.25, 0.3) is 0 Å². The zero-order chi connectivity index (χ0) is 13.9. The smallest absolute Gasteiger partial charge is 0.252 e. The van der Waals surface area contributed by atoms with Gasteiger partial charge >= 0.3 is 0 Å². The fraction of sp³-hybridized carbons (Fsp3) is 0.533. The Bertz CT molecular complexity index is 417. The Hall–Kier alpha value is -1.35. The Morgan fingerprint density at radius 2 is 1.72 bits per heavy atom. The van der Waals surface area contributed by atoms with Gasteiger partial charge in [-0.25, -0.2) is 0 Å². The van der Waals surface area contributed by atoms with Gasteiger partial charge in [-0.3, -0.25) is 4.79 Å². The minimum atomic E-state index is -0.00204. The summed E-state index contributed by atoms with van der Waals surface area (Å²) in [6.07, 6.45) is 0. The van der Waals surface area contributed by atoms with Crippen LogP contribution in [0, 0.1) is 26.7 Å². The molecule has 1 aromatic carbocycles. The Morgan fingerprint density at radius 1 is 1.22 bits per heavy atom. The molecule has 0 fully saturated rings. The molecule has 1 amide bonds. The molecule has 2 unspecified atom stereocenters. The van der Waals surface area contributed by atoms with Crippen LogP contribution in [0.3, 0.4) is 0 Å². The van der Waals surface area contributed by atoms with Crippen molar-refractivity contribution in [2.24, 2.45) is 11.7 Å². The molecule has 18 heavy (non-hydrogen) atoms. The van der Waals surface area contributed by atoms with Gasteiger partial charge in [-0.1, -0.05) is 24.6 Å². The van der Waals surface area contributed by atoms with E-state index in [1.165, 1.54) is 5.56 Å². The molecule has 3 N–H and O–H groups in total. The normalized spacial score (nSPS) is 14.1. The zero-order valence-electron chi connectivity index (χ0n) is 12.0. The Kier molecular flexibility index (Phi) is 4.91. The number of aryl methyl sites for hydroxylation is 3. The van der Waals surface area contributed by atoms with E-state index in [1.807, 2.05) is 46.8 Å². The van der Waals surface area contributed by atoms with Crippen molar-refractivity contribution in [2.45, 2.75) is 40.7 Å². The summed E-state index contributed by atoms with van der Waals surface area (Å²) >= 11 is 0. The first kappa shape index (κ1) is 14.7. The molecule has 3 heteroatoms. The summed E-state index contributed by atoms with van der Waals surface area (Å²) < 4.78 is 0. The van der Waals surface area contributed by atoms with Crippen molar-refractivity contribution >= 4 is 5.91 Å². The van der Waals surface area contributed by atoms with E-state index in [9.17, 15) is 4.79 Å². The number of amides is 1. The van der Waals surface area contributed by atoms with Crippen LogP contribution in [0.1, 0.15) is 40.9 Å². The maximum atomic E-state index is 12.3. The van der Waals surface area contributed by atoms with Crippen LogP contribution in [-0.4, -0.2) is 18.5 Å². The lowest BCUT2D eigenvalue weighted by Gasteiger charge is -2.21. The number of rotatable bonds is 4. The first-order valence-corrected chi connectivity index (χ1v) is 6.45. The fourth-order valence-electron chi connectivity index (χ4n) is 2.16. The molecular weight excluding hydrogens is 224 g/mol. The Balaban J connectivity index is 2.92. The van der Waals surface area contributed by atoms with Gasteiger partial charge in [-0.2, -0.15) is 0 Å². The van der Waals surface area contributed by atoms with Gasteiger partial charge in [0, 0.05) is 11.6 Å². The molecule has 0 aliphatic heterocycles. The highest BCUT2D eigenvalue weighted by Gasteiger charge is 2.17. The van der Waals surface area contributed by atoms with Crippen LogP contribution in [0.4, 0.5) is 0 Å². The SMILES string of the molecule is Cc1cc(C)c(C(=O)NC(C)C(C)CN)c(C)c1. The highest BCUT2D eigenvalue weighted by atomic mass is 16.1. The summed E-state index contributed by atoms with van der Waals surface area (Å²) in [7, 11) is 0. The summed E-state index contributed by atoms with van der Waals surface area (Å²) in [6.45, 7) is 10.6. The second kappa shape index (κ2) is 6.01. The molecule has 2 atom stereocenters. The Morgan fingerprint density at radius 3 is 2.17 bits per heavy atom. The summed E-state index contributed by atoms with van der Waals surface area (Å²) in [6, 6.07) is 4.17. The lowest BCUT2D eigenvalue weighted by atomic mass is 9.98. The van der Waals surface area contributed by atoms with E-state index in [1.54, 1.807) is 0 Å². The van der Waals surface area contributed by atoms with Crippen molar-refractivity contribution in [3.05, 3.63) is 34.4 Å². The third-order valence-corrected chi connectivity index (χ3v) is 3.49. The number of carbonyl (C=O) groups is 1. The topological polar surface area (TPSA) is 55.1 Å². The van der Waals surface area contributed by atoms with Crippen molar-refractivity contribution in [1.29, 1.82) is 0 Å². The highest BCUT2D eigenvalue weighted by Crippen LogP contribution is 2.16. The number of hydrogen-bond acceptors (Lipinski definition) is 2. The number of hydrogen-bond donors (Lipinski definition) is 2. The Labute approximate surface area is 110 Å². The molecule has 0 saturated carbocycles.